The van der Waals surface area contributed by atoms with Gasteiger partial charge in [-0.25, -0.2) is 9.67 Å². The fourth-order valence-corrected chi connectivity index (χ4v) is 4.56. The Morgan fingerprint density at radius 3 is 2.31 bits per heavy atom. The van der Waals surface area contributed by atoms with Crippen LogP contribution in [0.2, 0.25) is 0 Å². The van der Waals surface area contributed by atoms with Gasteiger partial charge in [0.2, 0.25) is 0 Å². The molecule has 5 rings (SSSR count). The lowest BCUT2D eigenvalue weighted by Crippen LogP contribution is -2.17. The molecule has 1 N–H and O–H groups in total. The average molecular weight is 512 g/mol. The third-order valence-corrected chi connectivity index (χ3v) is 6.34. The van der Waals surface area contributed by atoms with Crippen LogP contribution in [0.1, 0.15) is 11.6 Å². The van der Waals surface area contributed by atoms with Gasteiger partial charge in [0.05, 0.1) is 18.8 Å². The Bertz CT molecular complexity index is 1350. The Kier molecular flexibility index (Phi) is 6.55. The predicted molar refractivity (Wildman–Crippen MR) is 133 cm³/mol. The van der Waals surface area contributed by atoms with E-state index in [0.717, 1.165) is 33.5 Å². The number of ether oxygens (including phenoxy) is 2. The molecule has 0 amide bonds. The second-order valence-corrected chi connectivity index (χ2v) is 8.80. The van der Waals surface area contributed by atoms with Gasteiger partial charge >= 0.3 is 6.36 Å². The van der Waals surface area contributed by atoms with E-state index in [1.54, 1.807) is 18.9 Å². The van der Waals surface area contributed by atoms with E-state index < -0.39 is 6.36 Å². The molecule has 0 saturated carbocycles. The number of hydrogen-bond acceptors (Lipinski definition) is 7. The van der Waals surface area contributed by atoms with Crippen molar-refractivity contribution in [3.05, 3.63) is 84.7 Å². The second-order valence-electron chi connectivity index (χ2n) is 7.79. The van der Waals surface area contributed by atoms with Gasteiger partial charge in [-0.2, -0.15) is 0 Å². The van der Waals surface area contributed by atoms with Crippen LogP contribution < -0.4 is 14.8 Å². The number of anilines is 1. The van der Waals surface area contributed by atoms with Crippen LogP contribution in [0.3, 0.4) is 0 Å². The number of alkyl halides is 3. The van der Waals surface area contributed by atoms with Gasteiger partial charge in [-0.3, -0.25) is 4.99 Å². The van der Waals surface area contributed by atoms with Gasteiger partial charge in [0.25, 0.3) is 0 Å². The molecule has 2 heterocycles. The van der Waals surface area contributed by atoms with Crippen molar-refractivity contribution in [2.24, 2.45) is 4.99 Å². The molecule has 1 atom stereocenters. The van der Waals surface area contributed by atoms with E-state index >= 15 is 0 Å². The van der Waals surface area contributed by atoms with Gasteiger partial charge in [-0.1, -0.05) is 23.9 Å². The average Bonchev–Trinajstić information content (AvgIpc) is 3.55. The number of aromatic nitrogens is 3. The molecule has 4 aromatic rings. The Hall–Kier alpha value is -3.99. The molecule has 0 fully saturated rings. The first kappa shape index (κ1) is 23.7. The Morgan fingerprint density at radius 1 is 0.944 bits per heavy atom. The Balaban J connectivity index is 1.22. The van der Waals surface area contributed by atoms with E-state index in [1.807, 2.05) is 48.5 Å². The highest BCUT2D eigenvalue weighted by atomic mass is 32.2. The number of methoxy groups -OCH3 is 1. The first-order valence-corrected chi connectivity index (χ1v) is 11.8. The smallest absolute Gasteiger partial charge is 0.497 e. The molecule has 36 heavy (non-hydrogen) atoms. The number of amidine groups is 1. The minimum atomic E-state index is -4.73. The maximum absolute atomic E-state index is 12.3. The topological polar surface area (TPSA) is 73.6 Å². The standard InChI is InChI=1S/C25H20F3N5O2S/c1-34-20-10-4-16(5-11-20)22-14-36-24(31-22)30-18-6-2-17(3-7-18)23-29-15-33(32-23)19-8-12-21(13-9-19)35-25(26,27)28/h2-13,15,22H,14H2,1H3,(H,30,31). The summed E-state index contributed by atoms with van der Waals surface area (Å²) in [5, 5.41) is 8.62. The monoisotopic (exact) mass is 511 g/mol. The van der Waals surface area contributed by atoms with Gasteiger partial charge in [0.15, 0.2) is 11.0 Å². The number of rotatable bonds is 6. The molecule has 3 aromatic carbocycles. The first-order valence-electron chi connectivity index (χ1n) is 10.9. The summed E-state index contributed by atoms with van der Waals surface area (Å²) in [5.74, 6) is 1.87. The Labute approximate surface area is 209 Å². The van der Waals surface area contributed by atoms with E-state index in [-0.39, 0.29) is 11.8 Å². The summed E-state index contributed by atoms with van der Waals surface area (Å²) in [5.41, 5.74) is 3.39. The van der Waals surface area contributed by atoms with Crippen molar-refractivity contribution < 1.29 is 22.6 Å². The number of nitrogens with zero attached hydrogens (tertiary/aromatic N) is 4. The quantitative estimate of drug-likeness (QED) is 0.337. The van der Waals surface area contributed by atoms with Crippen molar-refractivity contribution >= 4 is 22.6 Å². The lowest BCUT2D eigenvalue weighted by molar-refractivity contribution is -0.274. The van der Waals surface area contributed by atoms with Crippen LogP contribution in [-0.4, -0.2) is 39.2 Å². The second kappa shape index (κ2) is 9.94. The lowest BCUT2D eigenvalue weighted by atomic mass is 10.1. The van der Waals surface area contributed by atoms with E-state index in [1.165, 1.54) is 35.3 Å². The fraction of sp³-hybridized carbons (Fsp3) is 0.160. The Morgan fingerprint density at radius 2 is 1.64 bits per heavy atom. The molecule has 184 valence electrons. The van der Waals surface area contributed by atoms with Crippen LogP contribution >= 0.6 is 11.8 Å². The summed E-state index contributed by atoms with van der Waals surface area (Å²) in [6.07, 6.45) is -3.23. The van der Waals surface area contributed by atoms with Crippen LogP contribution in [0.4, 0.5) is 18.9 Å². The van der Waals surface area contributed by atoms with Crippen LogP contribution in [0, 0.1) is 0 Å². The number of aliphatic imine (C=N–C) groups is 1. The van der Waals surface area contributed by atoms with Crippen LogP contribution in [0.15, 0.2) is 84.1 Å². The molecule has 0 radical (unpaired) electrons. The largest absolute Gasteiger partial charge is 0.573 e. The molecule has 1 aromatic heterocycles. The van der Waals surface area contributed by atoms with Crippen molar-refractivity contribution in [1.29, 1.82) is 0 Å². The summed E-state index contributed by atoms with van der Waals surface area (Å²) >= 11 is 1.66. The highest BCUT2D eigenvalue weighted by molar-refractivity contribution is 8.14. The SMILES string of the molecule is COc1ccc(C2CSC(Nc3ccc(-c4ncn(-c5ccc(OC(F)(F)F)cc5)n4)cc3)=N2)cc1. The summed E-state index contributed by atoms with van der Waals surface area (Å²) in [6, 6.07) is 21.1. The van der Waals surface area contributed by atoms with Gasteiger partial charge in [-0.05, 0) is 66.2 Å². The first-order chi connectivity index (χ1) is 17.4. The van der Waals surface area contributed by atoms with Crippen LogP contribution in [0.25, 0.3) is 17.1 Å². The van der Waals surface area contributed by atoms with E-state index in [2.05, 4.69) is 20.1 Å². The number of nitrogens with one attached hydrogen (secondary N) is 1. The van der Waals surface area contributed by atoms with Crippen LogP contribution in [-0.2, 0) is 0 Å². The maximum Gasteiger partial charge on any atom is 0.573 e. The summed E-state index contributed by atoms with van der Waals surface area (Å²) < 4.78 is 47.6. The number of halogens is 3. The molecule has 0 bridgehead atoms. The van der Waals surface area contributed by atoms with Gasteiger partial charge in [0.1, 0.15) is 17.8 Å². The third kappa shape index (κ3) is 5.62. The highest BCUT2D eigenvalue weighted by Gasteiger charge is 2.31. The lowest BCUT2D eigenvalue weighted by Gasteiger charge is -2.09. The van der Waals surface area contributed by atoms with E-state index in [0.29, 0.717) is 11.5 Å². The third-order valence-electron chi connectivity index (χ3n) is 5.37. The summed E-state index contributed by atoms with van der Waals surface area (Å²) in [4.78, 5) is 9.10. The molecule has 0 saturated heterocycles. The molecule has 7 nitrogen and oxygen atoms in total. The fourth-order valence-electron chi connectivity index (χ4n) is 3.59. The van der Waals surface area contributed by atoms with Crippen molar-refractivity contribution in [2.75, 3.05) is 18.2 Å². The molecule has 0 spiro atoms. The zero-order chi connectivity index (χ0) is 25.1. The maximum atomic E-state index is 12.3. The van der Waals surface area contributed by atoms with Crippen molar-refractivity contribution in [2.45, 2.75) is 12.4 Å². The normalized spacial score (nSPS) is 15.4. The molecular weight excluding hydrogens is 491 g/mol. The van der Waals surface area contributed by atoms with Gasteiger partial charge < -0.3 is 14.8 Å². The summed E-state index contributed by atoms with van der Waals surface area (Å²) in [6.45, 7) is 0. The highest BCUT2D eigenvalue weighted by Crippen LogP contribution is 2.32. The number of benzene rings is 3. The predicted octanol–water partition coefficient (Wildman–Crippen LogP) is 6.10. The molecular formula is C25H20F3N5O2S. The zero-order valence-corrected chi connectivity index (χ0v) is 19.8. The van der Waals surface area contributed by atoms with Gasteiger partial charge in [0, 0.05) is 17.0 Å². The molecule has 0 aliphatic carbocycles. The minimum absolute atomic E-state index is 0.0879. The van der Waals surface area contributed by atoms with Crippen LogP contribution in [0.5, 0.6) is 11.5 Å². The molecule has 11 heteroatoms. The number of thioether (sulfide) groups is 1. The van der Waals surface area contributed by atoms with Crippen molar-refractivity contribution in [3.63, 3.8) is 0 Å². The molecule has 1 aliphatic rings. The van der Waals surface area contributed by atoms with E-state index in [4.69, 9.17) is 9.73 Å². The zero-order valence-electron chi connectivity index (χ0n) is 18.9. The minimum Gasteiger partial charge on any atom is -0.497 e. The van der Waals surface area contributed by atoms with E-state index in [9.17, 15) is 13.2 Å². The molecule has 1 unspecified atom stereocenters. The molecule has 1 aliphatic heterocycles. The summed E-state index contributed by atoms with van der Waals surface area (Å²) in [7, 11) is 1.65. The number of hydrogen-bond donors (Lipinski definition) is 1. The van der Waals surface area contributed by atoms with Gasteiger partial charge in [-0.15, -0.1) is 18.3 Å². The van der Waals surface area contributed by atoms with Crippen molar-refractivity contribution in [1.82, 2.24) is 14.8 Å². The van der Waals surface area contributed by atoms with Crippen molar-refractivity contribution in [3.8, 4) is 28.6 Å².